The van der Waals surface area contributed by atoms with Crippen molar-refractivity contribution < 1.29 is 4.74 Å². The van der Waals surface area contributed by atoms with Gasteiger partial charge in [-0.3, -0.25) is 0 Å². The Labute approximate surface area is 127 Å². The van der Waals surface area contributed by atoms with E-state index < -0.39 is 0 Å². The molecule has 0 saturated carbocycles. The summed E-state index contributed by atoms with van der Waals surface area (Å²) < 4.78 is 5.25. The number of thiophene rings is 1. The fraction of sp³-hybridized carbons (Fsp3) is 0.176. The Balaban J connectivity index is 2.00. The molecule has 0 bridgehead atoms. The fourth-order valence-electron chi connectivity index (χ4n) is 2.28. The van der Waals surface area contributed by atoms with Gasteiger partial charge >= 0.3 is 0 Å². The van der Waals surface area contributed by atoms with E-state index in [2.05, 4.69) is 43.3 Å². The van der Waals surface area contributed by atoms with Gasteiger partial charge in [-0.2, -0.15) is 0 Å². The van der Waals surface area contributed by atoms with Gasteiger partial charge in [-0.15, -0.1) is 22.9 Å². The number of rotatable bonds is 3. The van der Waals surface area contributed by atoms with Gasteiger partial charge in [0.2, 0.25) is 0 Å². The van der Waals surface area contributed by atoms with Crippen LogP contribution in [0.5, 0.6) is 5.75 Å². The number of methoxy groups -OCH3 is 1. The molecule has 1 atom stereocenters. The maximum atomic E-state index is 6.59. The lowest BCUT2D eigenvalue weighted by Crippen LogP contribution is -1.90. The van der Waals surface area contributed by atoms with E-state index in [9.17, 15) is 0 Å². The Morgan fingerprint density at radius 2 is 1.75 bits per heavy atom. The van der Waals surface area contributed by atoms with Crippen LogP contribution in [0.25, 0.3) is 10.8 Å². The topological polar surface area (TPSA) is 9.23 Å². The summed E-state index contributed by atoms with van der Waals surface area (Å²) in [5, 5.41) is 2.27. The molecular formula is C17H15ClOS. The first kappa shape index (κ1) is 13.5. The van der Waals surface area contributed by atoms with Gasteiger partial charge in [0.15, 0.2) is 0 Å². The van der Waals surface area contributed by atoms with E-state index in [1.54, 1.807) is 18.4 Å². The fourth-order valence-corrected chi connectivity index (χ4v) is 3.51. The summed E-state index contributed by atoms with van der Waals surface area (Å²) in [6.07, 6.45) is 0. The molecule has 1 nitrogen and oxygen atoms in total. The highest BCUT2D eigenvalue weighted by Crippen LogP contribution is 2.35. The molecule has 0 radical (unpaired) electrons. The molecule has 0 aliphatic rings. The summed E-state index contributed by atoms with van der Waals surface area (Å²) in [7, 11) is 1.68. The molecule has 20 heavy (non-hydrogen) atoms. The maximum Gasteiger partial charge on any atom is 0.119 e. The second kappa shape index (κ2) is 5.47. The van der Waals surface area contributed by atoms with Gasteiger partial charge in [0.05, 0.1) is 12.5 Å². The number of ether oxygens (including phenoxy) is 1. The van der Waals surface area contributed by atoms with Crippen molar-refractivity contribution in [2.45, 2.75) is 12.3 Å². The predicted molar refractivity (Wildman–Crippen MR) is 87.3 cm³/mol. The van der Waals surface area contributed by atoms with Crippen LogP contribution >= 0.6 is 22.9 Å². The van der Waals surface area contributed by atoms with Gasteiger partial charge in [-0.25, -0.2) is 0 Å². The van der Waals surface area contributed by atoms with Crippen molar-refractivity contribution in [3.8, 4) is 5.75 Å². The van der Waals surface area contributed by atoms with Crippen LogP contribution in [-0.2, 0) is 0 Å². The van der Waals surface area contributed by atoms with Crippen molar-refractivity contribution in [2.75, 3.05) is 7.11 Å². The first-order valence-electron chi connectivity index (χ1n) is 6.45. The zero-order valence-corrected chi connectivity index (χ0v) is 13.0. The number of hydrogen-bond acceptors (Lipinski definition) is 2. The third kappa shape index (κ3) is 2.54. The molecule has 0 aliphatic carbocycles. The van der Waals surface area contributed by atoms with Gasteiger partial charge < -0.3 is 4.74 Å². The lowest BCUT2D eigenvalue weighted by Gasteiger charge is -2.10. The summed E-state index contributed by atoms with van der Waals surface area (Å²) in [5.41, 5.74) is 1.13. The highest BCUT2D eigenvalue weighted by Gasteiger charge is 2.13. The van der Waals surface area contributed by atoms with Gasteiger partial charge in [0, 0.05) is 9.75 Å². The highest BCUT2D eigenvalue weighted by atomic mass is 35.5. The first-order chi connectivity index (χ1) is 9.67. The molecule has 0 fully saturated rings. The van der Waals surface area contributed by atoms with Crippen molar-refractivity contribution >= 4 is 33.7 Å². The van der Waals surface area contributed by atoms with Gasteiger partial charge in [0.1, 0.15) is 5.75 Å². The van der Waals surface area contributed by atoms with Crippen molar-refractivity contribution in [1.82, 2.24) is 0 Å². The average Bonchev–Trinajstić information content (AvgIpc) is 2.92. The summed E-state index contributed by atoms with van der Waals surface area (Å²) in [5.74, 6) is 0.876. The van der Waals surface area contributed by atoms with Crippen molar-refractivity contribution in [3.63, 3.8) is 0 Å². The number of alkyl halides is 1. The van der Waals surface area contributed by atoms with E-state index in [1.165, 1.54) is 20.5 Å². The highest BCUT2D eigenvalue weighted by molar-refractivity contribution is 7.12. The van der Waals surface area contributed by atoms with Crippen LogP contribution in [0.3, 0.4) is 0 Å². The van der Waals surface area contributed by atoms with E-state index in [1.807, 2.05) is 12.1 Å². The molecule has 0 saturated heterocycles. The smallest absolute Gasteiger partial charge is 0.119 e. The van der Waals surface area contributed by atoms with Crippen molar-refractivity contribution in [2.24, 2.45) is 0 Å². The lowest BCUT2D eigenvalue weighted by atomic mass is 10.0. The molecule has 3 aromatic rings. The van der Waals surface area contributed by atoms with E-state index in [-0.39, 0.29) is 5.38 Å². The largest absolute Gasteiger partial charge is 0.497 e. The van der Waals surface area contributed by atoms with Crippen LogP contribution in [0.15, 0.2) is 48.5 Å². The van der Waals surface area contributed by atoms with Crippen LogP contribution in [0.4, 0.5) is 0 Å². The van der Waals surface area contributed by atoms with Crippen LogP contribution < -0.4 is 4.74 Å². The molecule has 0 N–H and O–H groups in total. The van der Waals surface area contributed by atoms with Gasteiger partial charge in [0.25, 0.3) is 0 Å². The average molecular weight is 303 g/mol. The Bertz CT molecular complexity index is 748. The molecule has 2 aromatic carbocycles. The van der Waals surface area contributed by atoms with Crippen LogP contribution in [0.2, 0.25) is 0 Å². The normalized spacial score (nSPS) is 12.6. The number of aryl methyl sites for hydroxylation is 1. The number of fused-ring (bicyclic) bond motifs is 1. The number of benzene rings is 2. The van der Waals surface area contributed by atoms with Crippen molar-refractivity contribution in [3.05, 3.63) is 63.8 Å². The SMILES string of the molecule is COc1ccc2cc(C(Cl)c3ccc(C)s3)ccc2c1. The third-order valence-electron chi connectivity index (χ3n) is 3.38. The molecule has 1 aromatic heterocycles. The quantitative estimate of drug-likeness (QED) is 0.577. The maximum absolute atomic E-state index is 6.59. The predicted octanol–water partition coefficient (Wildman–Crippen LogP) is 5.55. The summed E-state index contributed by atoms with van der Waals surface area (Å²) >= 11 is 8.34. The molecule has 1 heterocycles. The van der Waals surface area contributed by atoms with Gasteiger partial charge in [-0.05, 0) is 53.6 Å². The molecule has 0 spiro atoms. The van der Waals surface area contributed by atoms with Gasteiger partial charge in [-0.1, -0.05) is 18.2 Å². The first-order valence-corrected chi connectivity index (χ1v) is 7.71. The van der Waals surface area contributed by atoms with E-state index in [4.69, 9.17) is 16.3 Å². The Morgan fingerprint density at radius 1 is 1.00 bits per heavy atom. The number of halogens is 1. The standard InChI is InChI=1S/C17H15ClOS/c1-11-3-8-16(20-11)17(18)14-5-4-13-10-15(19-2)7-6-12(13)9-14/h3-10,17H,1-2H3. The molecule has 102 valence electrons. The summed E-state index contributed by atoms with van der Waals surface area (Å²) in [6, 6.07) is 16.7. The molecule has 3 heteroatoms. The van der Waals surface area contributed by atoms with Crippen molar-refractivity contribution in [1.29, 1.82) is 0 Å². The Kier molecular flexibility index (Phi) is 3.68. The molecule has 1 unspecified atom stereocenters. The van der Waals surface area contributed by atoms with Crippen LogP contribution in [0.1, 0.15) is 20.7 Å². The minimum absolute atomic E-state index is 0.0831. The molecule has 3 rings (SSSR count). The lowest BCUT2D eigenvalue weighted by molar-refractivity contribution is 0.415. The van der Waals surface area contributed by atoms with E-state index >= 15 is 0 Å². The second-order valence-corrected chi connectivity index (χ2v) is 6.54. The molecular weight excluding hydrogens is 288 g/mol. The third-order valence-corrected chi connectivity index (χ3v) is 5.06. The van der Waals surface area contributed by atoms with Crippen LogP contribution in [-0.4, -0.2) is 7.11 Å². The molecule has 0 aliphatic heterocycles. The van der Waals surface area contributed by atoms with Crippen LogP contribution in [0, 0.1) is 6.92 Å². The Hall–Kier alpha value is -1.51. The zero-order chi connectivity index (χ0) is 14.1. The van der Waals surface area contributed by atoms with E-state index in [0.717, 1.165) is 11.3 Å². The minimum Gasteiger partial charge on any atom is -0.497 e. The Morgan fingerprint density at radius 3 is 2.45 bits per heavy atom. The number of hydrogen-bond donors (Lipinski definition) is 0. The van der Waals surface area contributed by atoms with E-state index in [0.29, 0.717) is 0 Å². The minimum atomic E-state index is -0.0831. The second-order valence-electron chi connectivity index (χ2n) is 4.78. The monoisotopic (exact) mass is 302 g/mol. The summed E-state index contributed by atoms with van der Waals surface area (Å²) in [4.78, 5) is 2.48. The molecule has 0 amide bonds. The zero-order valence-electron chi connectivity index (χ0n) is 11.4. The summed E-state index contributed by atoms with van der Waals surface area (Å²) in [6.45, 7) is 2.10.